The molecule has 3 N–H and O–H groups in total. The molecular weight excluding hydrogens is 414 g/mol. The second-order valence-corrected chi connectivity index (χ2v) is 8.47. The third-order valence-electron chi connectivity index (χ3n) is 5.07. The van der Waals surface area contributed by atoms with E-state index in [-0.39, 0.29) is 16.7 Å². The van der Waals surface area contributed by atoms with Crippen molar-refractivity contribution in [2.45, 2.75) is 33.1 Å². The van der Waals surface area contributed by atoms with Crippen LogP contribution in [0.15, 0.2) is 45.7 Å². The van der Waals surface area contributed by atoms with Crippen molar-refractivity contribution in [1.82, 2.24) is 20.0 Å². The third kappa shape index (κ3) is 3.89. The summed E-state index contributed by atoms with van der Waals surface area (Å²) in [5.74, 6) is -2.24. The topological polar surface area (TPSA) is 143 Å². The van der Waals surface area contributed by atoms with Gasteiger partial charge in [0.25, 0.3) is 5.91 Å². The molecule has 4 aromatic rings. The van der Waals surface area contributed by atoms with E-state index < -0.39 is 17.6 Å². The fraction of sp³-hybridized carbons (Fsp3) is 0.227. The molecule has 0 bridgehead atoms. The van der Waals surface area contributed by atoms with Gasteiger partial charge in [-0.05, 0) is 47.7 Å². The maximum Gasteiger partial charge on any atom is 0.417 e. The molecule has 0 saturated carbocycles. The molecule has 0 radical (unpaired) electrons. The normalized spacial score (nSPS) is 11.6. The summed E-state index contributed by atoms with van der Waals surface area (Å²) in [6.45, 7) is 7.87. The number of hydrogen-bond acceptors (Lipinski definition) is 6. The van der Waals surface area contributed by atoms with Gasteiger partial charge in [0.2, 0.25) is 0 Å². The van der Waals surface area contributed by atoms with Crippen molar-refractivity contribution in [3.05, 3.63) is 69.5 Å². The number of nitrogens with zero attached hydrogens (tertiary/aromatic N) is 3. The molecule has 2 aromatic carbocycles. The average molecular weight is 435 g/mol. The van der Waals surface area contributed by atoms with E-state index in [1.165, 1.54) is 10.9 Å². The minimum Gasteiger partial charge on any atom is -0.476 e. The maximum absolute atomic E-state index is 13.1. The Kier molecular flexibility index (Phi) is 4.92. The predicted molar refractivity (Wildman–Crippen MR) is 117 cm³/mol. The summed E-state index contributed by atoms with van der Waals surface area (Å²) in [7, 11) is 0. The Balaban J connectivity index is 1.72. The van der Waals surface area contributed by atoms with E-state index in [1.54, 1.807) is 24.3 Å². The largest absolute Gasteiger partial charge is 0.476 e. The van der Waals surface area contributed by atoms with Gasteiger partial charge in [-0.1, -0.05) is 32.1 Å². The monoisotopic (exact) mass is 435 g/mol. The van der Waals surface area contributed by atoms with Gasteiger partial charge in [-0.3, -0.25) is 9.78 Å². The second kappa shape index (κ2) is 7.49. The number of hydrogen-bond donors (Lipinski definition) is 3. The van der Waals surface area contributed by atoms with E-state index in [4.69, 9.17) is 9.52 Å². The molecule has 0 atom stereocenters. The molecule has 0 aliphatic heterocycles. The van der Waals surface area contributed by atoms with E-state index >= 15 is 0 Å². The van der Waals surface area contributed by atoms with Crippen LogP contribution >= 0.6 is 0 Å². The van der Waals surface area contributed by atoms with Crippen LogP contribution in [-0.4, -0.2) is 37.0 Å². The molecule has 0 fully saturated rings. The first kappa shape index (κ1) is 21.0. The van der Waals surface area contributed by atoms with Crippen LogP contribution in [0.5, 0.6) is 0 Å². The maximum atomic E-state index is 13.1. The molecule has 32 heavy (non-hydrogen) atoms. The number of anilines is 1. The Morgan fingerprint density at radius 2 is 1.94 bits per heavy atom. The lowest BCUT2D eigenvalue weighted by Gasteiger charge is -2.20. The number of amides is 1. The number of rotatable bonds is 4. The lowest BCUT2D eigenvalue weighted by molar-refractivity contribution is 0.0690. The van der Waals surface area contributed by atoms with Gasteiger partial charge < -0.3 is 14.8 Å². The lowest BCUT2D eigenvalue weighted by Crippen LogP contribution is -2.15. The molecule has 0 aliphatic rings. The summed E-state index contributed by atoms with van der Waals surface area (Å²) in [4.78, 5) is 38.5. The molecule has 1 amide bonds. The number of oxazole rings is 1. The van der Waals surface area contributed by atoms with Gasteiger partial charge in [-0.25, -0.2) is 14.3 Å². The fourth-order valence-corrected chi connectivity index (χ4v) is 3.26. The zero-order chi connectivity index (χ0) is 23.2. The lowest BCUT2D eigenvalue weighted by atomic mass is 9.86. The fourth-order valence-electron chi connectivity index (χ4n) is 3.26. The summed E-state index contributed by atoms with van der Waals surface area (Å²) < 4.78 is 6.54. The second-order valence-electron chi connectivity index (χ2n) is 8.47. The van der Waals surface area contributed by atoms with Crippen LogP contribution in [0.1, 0.15) is 52.7 Å². The summed E-state index contributed by atoms with van der Waals surface area (Å²) in [6.07, 6.45) is 1.27. The number of nitrogens with one attached hydrogen (secondary N) is 2. The highest BCUT2D eigenvalue weighted by Gasteiger charge is 2.20. The highest BCUT2D eigenvalue weighted by atomic mass is 16.4. The van der Waals surface area contributed by atoms with Gasteiger partial charge in [0, 0.05) is 5.56 Å². The Hall–Kier alpha value is -4.21. The number of carbonyl (C=O) groups is 2. The molecule has 2 aromatic heterocycles. The minimum atomic E-state index is -1.20. The Bertz CT molecular complexity index is 1420. The molecule has 2 heterocycles. The van der Waals surface area contributed by atoms with E-state index in [0.717, 1.165) is 11.1 Å². The van der Waals surface area contributed by atoms with Gasteiger partial charge in [0.05, 0.1) is 23.1 Å². The van der Waals surface area contributed by atoms with Crippen LogP contribution in [0.2, 0.25) is 0 Å². The van der Waals surface area contributed by atoms with Crippen molar-refractivity contribution < 1.29 is 19.1 Å². The van der Waals surface area contributed by atoms with Gasteiger partial charge in [0.15, 0.2) is 11.3 Å². The zero-order valence-corrected chi connectivity index (χ0v) is 17.9. The molecule has 4 rings (SSSR count). The van der Waals surface area contributed by atoms with Crippen molar-refractivity contribution in [2.75, 3.05) is 5.32 Å². The molecule has 0 spiro atoms. The van der Waals surface area contributed by atoms with Gasteiger partial charge in [0.1, 0.15) is 0 Å². The Morgan fingerprint density at radius 3 is 2.59 bits per heavy atom. The van der Waals surface area contributed by atoms with Crippen LogP contribution in [0, 0.1) is 6.92 Å². The Labute approximate surface area is 181 Å². The molecule has 0 saturated heterocycles. The quantitative estimate of drug-likeness (QED) is 0.446. The smallest absolute Gasteiger partial charge is 0.417 e. The number of H-pyrrole nitrogens is 1. The molecule has 10 nitrogen and oxygen atoms in total. The van der Waals surface area contributed by atoms with Crippen molar-refractivity contribution in [3.8, 4) is 5.69 Å². The third-order valence-corrected chi connectivity index (χ3v) is 5.07. The summed E-state index contributed by atoms with van der Waals surface area (Å²) >= 11 is 0. The standard InChI is InChI=1S/C22H21N5O5/c1-11-5-6-12(7-17(11)27-10-16(20(29)30)25-26-27)19(28)23-14-8-13(22(2,3)4)9-15-18(14)32-21(31)24-15/h5-10H,1-4H3,(H,23,28)(H,24,31)(H,29,30). The van der Waals surface area contributed by atoms with Crippen LogP contribution < -0.4 is 11.1 Å². The van der Waals surface area contributed by atoms with Crippen LogP contribution in [0.3, 0.4) is 0 Å². The van der Waals surface area contributed by atoms with E-state index in [0.29, 0.717) is 22.5 Å². The zero-order valence-electron chi connectivity index (χ0n) is 17.9. The van der Waals surface area contributed by atoms with Crippen molar-refractivity contribution in [3.63, 3.8) is 0 Å². The minimum absolute atomic E-state index is 0.205. The molecular formula is C22H21N5O5. The summed E-state index contributed by atoms with van der Waals surface area (Å²) in [5.41, 5.74) is 3.19. The highest BCUT2D eigenvalue weighted by molar-refractivity contribution is 6.08. The molecule has 10 heteroatoms. The van der Waals surface area contributed by atoms with Gasteiger partial charge in [-0.2, -0.15) is 0 Å². The number of aromatic amines is 1. The first-order valence-electron chi connectivity index (χ1n) is 9.78. The van der Waals surface area contributed by atoms with Gasteiger partial charge >= 0.3 is 11.7 Å². The molecule has 0 aliphatic carbocycles. The number of benzene rings is 2. The predicted octanol–water partition coefficient (Wildman–Crippen LogP) is 3.26. The highest BCUT2D eigenvalue weighted by Crippen LogP contribution is 2.31. The van der Waals surface area contributed by atoms with Crippen molar-refractivity contribution >= 4 is 28.7 Å². The number of aromatic nitrogens is 4. The number of carbonyl (C=O) groups excluding carboxylic acids is 1. The summed E-state index contributed by atoms with van der Waals surface area (Å²) in [5, 5.41) is 19.3. The van der Waals surface area contributed by atoms with Crippen molar-refractivity contribution in [2.24, 2.45) is 0 Å². The number of carboxylic acids is 1. The summed E-state index contributed by atoms with van der Waals surface area (Å²) in [6, 6.07) is 8.56. The SMILES string of the molecule is Cc1ccc(C(=O)Nc2cc(C(C)(C)C)cc3[nH]c(=O)oc23)cc1-n1cc(C(=O)O)nn1. The van der Waals surface area contributed by atoms with E-state index in [1.807, 2.05) is 33.8 Å². The number of aryl methyl sites for hydroxylation is 1. The van der Waals surface area contributed by atoms with E-state index in [9.17, 15) is 14.4 Å². The molecule has 164 valence electrons. The average Bonchev–Trinajstić information content (AvgIpc) is 3.34. The first-order valence-corrected chi connectivity index (χ1v) is 9.78. The van der Waals surface area contributed by atoms with Crippen LogP contribution in [-0.2, 0) is 5.41 Å². The number of aromatic carboxylic acids is 1. The van der Waals surface area contributed by atoms with Crippen LogP contribution in [0.25, 0.3) is 16.8 Å². The Morgan fingerprint density at radius 1 is 1.19 bits per heavy atom. The first-order chi connectivity index (χ1) is 15.0. The molecule has 0 unspecified atom stereocenters. The number of carboxylic acid groups (broad SMARTS) is 1. The van der Waals surface area contributed by atoms with E-state index in [2.05, 4.69) is 20.6 Å². The number of fused-ring (bicyclic) bond motifs is 1. The van der Waals surface area contributed by atoms with Gasteiger partial charge in [-0.15, -0.1) is 5.10 Å². The van der Waals surface area contributed by atoms with Crippen LogP contribution in [0.4, 0.5) is 5.69 Å². The van der Waals surface area contributed by atoms with Crippen molar-refractivity contribution in [1.29, 1.82) is 0 Å².